The first-order valence-corrected chi connectivity index (χ1v) is 8.09. The predicted octanol–water partition coefficient (Wildman–Crippen LogP) is 2.84. The second-order valence-corrected chi connectivity index (χ2v) is 6.22. The van der Waals surface area contributed by atoms with Crippen molar-refractivity contribution in [1.29, 1.82) is 0 Å². The maximum atomic E-state index is 5.86. The van der Waals surface area contributed by atoms with Gasteiger partial charge in [-0.1, -0.05) is 6.07 Å². The lowest BCUT2D eigenvalue weighted by Gasteiger charge is -2.36. The number of hydrogen-bond donors (Lipinski definition) is 1. The molecule has 3 rings (SSSR count). The van der Waals surface area contributed by atoms with Crippen LogP contribution >= 0.6 is 11.3 Å². The number of thiazole rings is 1. The smallest absolute Gasteiger partial charge is 0.180 e. The van der Waals surface area contributed by atoms with Crippen molar-refractivity contribution < 1.29 is 14.2 Å². The number of rotatable bonds is 4. The van der Waals surface area contributed by atoms with Crippen LogP contribution in [0, 0.1) is 0 Å². The van der Waals surface area contributed by atoms with Gasteiger partial charge in [-0.05, 0) is 30.5 Å². The monoisotopic (exact) mass is 320 g/mol. The van der Waals surface area contributed by atoms with E-state index in [0.717, 1.165) is 30.0 Å². The first-order valence-electron chi connectivity index (χ1n) is 7.21. The standard InChI is InChI=1S/C16H20N2O3S/c1-19-12-4-3-11(9-13(12)20-2)16(5-7-21-8-6-16)14-10-22-15(17)18-14/h3-4,9-10H,5-8H2,1-2H3,(H2,17,18). The number of nitrogen functional groups attached to an aromatic ring is 1. The largest absolute Gasteiger partial charge is 0.493 e. The van der Waals surface area contributed by atoms with E-state index >= 15 is 0 Å². The summed E-state index contributed by atoms with van der Waals surface area (Å²) in [5, 5.41) is 2.65. The van der Waals surface area contributed by atoms with E-state index in [0.29, 0.717) is 18.3 Å². The lowest BCUT2D eigenvalue weighted by atomic mass is 9.72. The van der Waals surface area contributed by atoms with E-state index in [1.54, 1.807) is 14.2 Å². The number of nitrogens with zero attached hydrogens (tertiary/aromatic N) is 1. The van der Waals surface area contributed by atoms with Crippen LogP contribution in [-0.4, -0.2) is 32.4 Å². The zero-order chi connectivity index (χ0) is 15.6. The van der Waals surface area contributed by atoms with Crippen LogP contribution in [0.4, 0.5) is 5.13 Å². The first kappa shape index (κ1) is 15.1. The first-order chi connectivity index (χ1) is 10.7. The van der Waals surface area contributed by atoms with Gasteiger partial charge in [-0.15, -0.1) is 11.3 Å². The topological polar surface area (TPSA) is 66.6 Å². The molecule has 0 saturated carbocycles. The Hall–Kier alpha value is -1.79. The lowest BCUT2D eigenvalue weighted by molar-refractivity contribution is 0.0620. The number of hydrogen-bond acceptors (Lipinski definition) is 6. The molecule has 118 valence electrons. The molecule has 1 aromatic carbocycles. The van der Waals surface area contributed by atoms with Crippen LogP contribution in [-0.2, 0) is 10.2 Å². The third kappa shape index (κ3) is 2.53. The molecule has 2 heterocycles. The summed E-state index contributed by atoms with van der Waals surface area (Å²) in [6.45, 7) is 1.43. The van der Waals surface area contributed by atoms with Crippen molar-refractivity contribution in [2.45, 2.75) is 18.3 Å². The number of aromatic nitrogens is 1. The Morgan fingerprint density at radius 1 is 1.18 bits per heavy atom. The van der Waals surface area contributed by atoms with E-state index in [4.69, 9.17) is 19.9 Å². The fraction of sp³-hybridized carbons (Fsp3) is 0.438. The van der Waals surface area contributed by atoms with Gasteiger partial charge >= 0.3 is 0 Å². The van der Waals surface area contributed by atoms with Gasteiger partial charge in [0.1, 0.15) is 0 Å². The van der Waals surface area contributed by atoms with E-state index in [1.807, 2.05) is 12.1 Å². The van der Waals surface area contributed by atoms with Crippen LogP contribution in [0.25, 0.3) is 0 Å². The van der Waals surface area contributed by atoms with Gasteiger partial charge in [0, 0.05) is 24.0 Å². The molecule has 5 nitrogen and oxygen atoms in total. The molecule has 6 heteroatoms. The molecule has 2 N–H and O–H groups in total. The number of benzene rings is 1. The SMILES string of the molecule is COc1ccc(C2(c3csc(N)n3)CCOCC2)cc1OC. The molecule has 1 fully saturated rings. The highest BCUT2D eigenvalue weighted by Crippen LogP contribution is 2.44. The fourth-order valence-electron chi connectivity index (χ4n) is 3.05. The molecule has 22 heavy (non-hydrogen) atoms. The molecule has 2 aromatic rings. The fourth-order valence-corrected chi connectivity index (χ4v) is 3.72. The number of anilines is 1. The van der Waals surface area contributed by atoms with Crippen LogP contribution < -0.4 is 15.2 Å². The summed E-state index contributed by atoms with van der Waals surface area (Å²) >= 11 is 1.48. The van der Waals surface area contributed by atoms with Crippen molar-refractivity contribution in [3.05, 3.63) is 34.8 Å². The third-order valence-corrected chi connectivity index (χ3v) is 4.97. The summed E-state index contributed by atoms with van der Waals surface area (Å²) in [5.74, 6) is 1.46. The highest BCUT2D eigenvalue weighted by atomic mass is 32.1. The molecule has 1 saturated heterocycles. The van der Waals surface area contributed by atoms with E-state index in [-0.39, 0.29) is 5.41 Å². The molecule has 0 unspecified atom stereocenters. The normalized spacial score (nSPS) is 17.2. The minimum absolute atomic E-state index is 0.175. The maximum Gasteiger partial charge on any atom is 0.180 e. The number of methoxy groups -OCH3 is 2. The van der Waals surface area contributed by atoms with Gasteiger partial charge in [0.05, 0.1) is 19.9 Å². The Labute approximate surface area is 134 Å². The quantitative estimate of drug-likeness (QED) is 0.938. The van der Waals surface area contributed by atoms with Crippen LogP contribution in [0.3, 0.4) is 0 Å². The Morgan fingerprint density at radius 3 is 2.50 bits per heavy atom. The number of ether oxygens (including phenoxy) is 3. The van der Waals surface area contributed by atoms with Crippen LogP contribution in [0.15, 0.2) is 23.6 Å². The average molecular weight is 320 g/mol. The van der Waals surface area contributed by atoms with E-state index < -0.39 is 0 Å². The second kappa shape index (κ2) is 6.14. The van der Waals surface area contributed by atoms with E-state index in [2.05, 4.69) is 16.4 Å². The molecule has 1 aromatic heterocycles. The summed E-state index contributed by atoms with van der Waals surface area (Å²) < 4.78 is 16.4. The molecule has 0 radical (unpaired) electrons. The van der Waals surface area contributed by atoms with Crippen molar-refractivity contribution in [3.63, 3.8) is 0 Å². The van der Waals surface area contributed by atoms with Crippen molar-refractivity contribution in [2.24, 2.45) is 0 Å². The zero-order valence-corrected chi connectivity index (χ0v) is 13.6. The second-order valence-electron chi connectivity index (χ2n) is 5.34. The molecule has 0 spiro atoms. The van der Waals surface area contributed by atoms with Gasteiger partial charge in [0.2, 0.25) is 0 Å². The minimum Gasteiger partial charge on any atom is -0.493 e. The van der Waals surface area contributed by atoms with Crippen LogP contribution in [0.1, 0.15) is 24.1 Å². The highest BCUT2D eigenvalue weighted by Gasteiger charge is 2.39. The summed E-state index contributed by atoms with van der Waals surface area (Å²) in [4.78, 5) is 4.55. The van der Waals surface area contributed by atoms with Gasteiger partial charge in [0.25, 0.3) is 0 Å². The van der Waals surface area contributed by atoms with Gasteiger partial charge in [-0.3, -0.25) is 0 Å². The van der Waals surface area contributed by atoms with E-state index in [1.165, 1.54) is 16.9 Å². The molecule has 0 bridgehead atoms. The average Bonchev–Trinajstić information content (AvgIpc) is 3.01. The molecule has 0 atom stereocenters. The minimum atomic E-state index is -0.175. The summed E-state index contributed by atoms with van der Waals surface area (Å²) in [6.07, 6.45) is 1.76. The molecular weight excluding hydrogens is 300 g/mol. The van der Waals surface area contributed by atoms with Crippen molar-refractivity contribution >= 4 is 16.5 Å². The van der Waals surface area contributed by atoms with Crippen LogP contribution in [0.2, 0.25) is 0 Å². The highest BCUT2D eigenvalue weighted by molar-refractivity contribution is 7.13. The maximum absolute atomic E-state index is 5.86. The molecule has 1 aliphatic rings. The van der Waals surface area contributed by atoms with E-state index in [9.17, 15) is 0 Å². The van der Waals surface area contributed by atoms with Gasteiger partial charge in [-0.2, -0.15) is 0 Å². The summed E-state index contributed by atoms with van der Waals surface area (Å²) in [5.41, 5.74) is 7.87. The number of nitrogens with two attached hydrogens (primary N) is 1. The molecule has 0 amide bonds. The summed E-state index contributed by atoms with van der Waals surface area (Å²) in [6, 6.07) is 6.07. The molecule has 0 aliphatic carbocycles. The van der Waals surface area contributed by atoms with Crippen molar-refractivity contribution in [1.82, 2.24) is 4.98 Å². The Balaban J connectivity index is 2.10. The van der Waals surface area contributed by atoms with Crippen molar-refractivity contribution in [3.8, 4) is 11.5 Å². The Morgan fingerprint density at radius 2 is 1.91 bits per heavy atom. The summed E-state index contributed by atoms with van der Waals surface area (Å²) in [7, 11) is 3.29. The third-order valence-electron chi connectivity index (χ3n) is 4.29. The zero-order valence-electron chi connectivity index (χ0n) is 12.8. The lowest BCUT2D eigenvalue weighted by Crippen LogP contribution is -2.35. The predicted molar refractivity (Wildman–Crippen MR) is 86.9 cm³/mol. The van der Waals surface area contributed by atoms with Gasteiger partial charge < -0.3 is 19.9 Å². The van der Waals surface area contributed by atoms with Crippen LogP contribution in [0.5, 0.6) is 11.5 Å². The molecular formula is C16H20N2O3S. The Bertz CT molecular complexity index is 651. The Kier molecular flexibility index (Phi) is 4.22. The van der Waals surface area contributed by atoms with Crippen molar-refractivity contribution in [2.75, 3.05) is 33.2 Å². The molecule has 1 aliphatic heterocycles. The van der Waals surface area contributed by atoms with Gasteiger partial charge in [-0.25, -0.2) is 4.98 Å². The van der Waals surface area contributed by atoms with Gasteiger partial charge in [0.15, 0.2) is 16.6 Å².